The van der Waals surface area contributed by atoms with Crippen molar-refractivity contribution in [1.82, 2.24) is 0 Å². The lowest BCUT2D eigenvalue weighted by Gasteiger charge is -2.30. The number of benzene rings is 3. The molecular formula is C24H25N3O6S. The zero-order valence-electron chi connectivity index (χ0n) is 18.3. The number of hydrogen-bond donors (Lipinski definition) is 4. The van der Waals surface area contributed by atoms with Crippen molar-refractivity contribution in [3.63, 3.8) is 0 Å². The first kappa shape index (κ1) is 23.4. The average Bonchev–Trinajstić information content (AvgIpc) is 2.82. The topological polar surface area (TPSA) is 128 Å². The molecule has 0 saturated carbocycles. The summed E-state index contributed by atoms with van der Waals surface area (Å²) in [5.74, 6) is -0.422. The van der Waals surface area contributed by atoms with Gasteiger partial charge in [0.15, 0.2) is 0 Å². The molecule has 0 aromatic heterocycles. The van der Waals surface area contributed by atoms with Gasteiger partial charge in [-0.2, -0.15) is 0 Å². The molecule has 3 aromatic rings. The highest BCUT2D eigenvalue weighted by Gasteiger charge is 2.25. The molecule has 178 valence electrons. The van der Waals surface area contributed by atoms with E-state index in [4.69, 9.17) is 4.74 Å². The third-order valence-corrected chi connectivity index (χ3v) is 6.73. The number of carbonyl (C=O) groups excluding carboxylic acids is 1. The lowest BCUT2D eigenvalue weighted by Crippen LogP contribution is -2.37. The van der Waals surface area contributed by atoms with Crippen molar-refractivity contribution in [2.75, 3.05) is 41.2 Å². The second-order valence-electron chi connectivity index (χ2n) is 7.80. The van der Waals surface area contributed by atoms with E-state index in [2.05, 4.69) is 10.0 Å². The molecule has 4 N–H and O–H groups in total. The van der Waals surface area contributed by atoms with E-state index in [1.54, 1.807) is 36.4 Å². The molecule has 4 rings (SSSR count). The van der Waals surface area contributed by atoms with Crippen LogP contribution in [0.5, 0.6) is 11.5 Å². The van der Waals surface area contributed by atoms with Gasteiger partial charge in [-0.15, -0.1) is 0 Å². The predicted octanol–water partition coefficient (Wildman–Crippen LogP) is 2.92. The van der Waals surface area contributed by atoms with Gasteiger partial charge in [-0.05, 0) is 48.0 Å². The predicted molar refractivity (Wildman–Crippen MR) is 129 cm³/mol. The van der Waals surface area contributed by atoms with E-state index in [0.717, 1.165) is 0 Å². The van der Waals surface area contributed by atoms with Gasteiger partial charge in [0.1, 0.15) is 16.4 Å². The van der Waals surface area contributed by atoms with Gasteiger partial charge in [0.2, 0.25) is 5.91 Å². The summed E-state index contributed by atoms with van der Waals surface area (Å²) in [6.07, 6.45) is 0.0592. The van der Waals surface area contributed by atoms with Crippen LogP contribution >= 0.6 is 0 Å². The summed E-state index contributed by atoms with van der Waals surface area (Å²) in [7, 11) is -4.11. The zero-order valence-corrected chi connectivity index (χ0v) is 19.1. The standard InChI is InChI=1S/C24H25N3O6S/c28-19-8-5-17(6-9-19)15-24(30)25-18-7-10-21(27-11-13-33-14-12-27)23(16-18)34(31,32)26-20-3-1-2-4-22(20)29/h1-10,16,26,28-29H,11-15H2,(H,25,30). The Kier molecular flexibility index (Phi) is 6.90. The smallest absolute Gasteiger partial charge is 0.264 e. The highest BCUT2D eigenvalue weighted by atomic mass is 32.2. The number of sulfonamides is 1. The number of nitrogens with zero attached hydrogens (tertiary/aromatic N) is 1. The molecular weight excluding hydrogens is 458 g/mol. The molecule has 1 fully saturated rings. The molecule has 3 aromatic carbocycles. The molecule has 0 bridgehead atoms. The van der Waals surface area contributed by atoms with Crippen molar-refractivity contribution in [2.45, 2.75) is 11.3 Å². The number of rotatable bonds is 7. The molecule has 0 aliphatic carbocycles. The number of para-hydroxylation sites is 2. The van der Waals surface area contributed by atoms with Gasteiger partial charge >= 0.3 is 0 Å². The quantitative estimate of drug-likeness (QED) is 0.381. The van der Waals surface area contributed by atoms with E-state index in [9.17, 15) is 23.4 Å². The third kappa shape index (κ3) is 5.59. The SMILES string of the molecule is O=C(Cc1ccc(O)cc1)Nc1ccc(N2CCOCC2)c(S(=O)(=O)Nc2ccccc2O)c1. The van der Waals surface area contributed by atoms with Gasteiger partial charge in [-0.1, -0.05) is 24.3 Å². The highest BCUT2D eigenvalue weighted by molar-refractivity contribution is 7.93. The van der Waals surface area contributed by atoms with Gasteiger partial charge in [0, 0.05) is 18.8 Å². The van der Waals surface area contributed by atoms with Gasteiger partial charge < -0.3 is 25.2 Å². The minimum atomic E-state index is -4.11. The Labute approximate surface area is 197 Å². The monoisotopic (exact) mass is 483 g/mol. The number of ether oxygens (including phenoxy) is 1. The normalized spacial score (nSPS) is 13.9. The molecule has 1 saturated heterocycles. The number of morpholine rings is 1. The summed E-state index contributed by atoms with van der Waals surface area (Å²) >= 11 is 0. The van der Waals surface area contributed by atoms with E-state index >= 15 is 0 Å². The van der Waals surface area contributed by atoms with Crippen molar-refractivity contribution in [2.24, 2.45) is 0 Å². The molecule has 34 heavy (non-hydrogen) atoms. The Morgan fingerprint density at radius 1 is 0.971 bits per heavy atom. The van der Waals surface area contributed by atoms with Crippen molar-refractivity contribution < 1.29 is 28.2 Å². The molecule has 9 nitrogen and oxygen atoms in total. The number of amides is 1. The summed E-state index contributed by atoms with van der Waals surface area (Å²) in [5.41, 5.74) is 1.55. The van der Waals surface area contributed by atoms with E-state index in [-0.39, 0.29) is 34.4 Å². The van der Waals surface area contributed by atoms with Gasteiger partial charge in [0.25, 0.3) is 10.0 Å². The fraction of sp³-hybridized carbons (Fsp3) is 0.208. The lowest BCUT2D eigenvalue weighted by molar-refractivity contribution is -0.115. The van der Waals surface area contributed by atoms with Crippen molar-refractivity contribution in [3.05, 3.63) is 72.3 Å². The summed E-state index contributed by atoms with van der Waals surface area (Å²) in [5, 5.41) is 22.2. The lowest BCUT2D eigenvalue weighted by atomic mass is 10.1. The molecule has 0 atom stereocenters. The molecule has 0 unspecified atom stereocenters. The maximum atomic E-state index is 13.4. The molecule has 0 radical (unpaired) electrons. The summed E-state index contributed by atoms with van der Waals surface area (Å²) in [6.45, 7) is 1.98. The van der Waals surface area contributed by atoms with E-state index in [1.165, 1.54) is 30.3 Å². The van der Waals surface area contributed by atoms with Crippen LogP contribution in [0.2, 0.25) is 0 Å². The van der Waals surface area contributed by atoms with Crippen molar-refractivity contribution in [3.8, 4) is 11.5 Å². The van der Waals surface area contributed by atoms with Gasteiger partial charge in [-0.3, -0.25) is 9.52 Å². The molecule has 1 aliphatic heterocycles. The number of carbonyl (C=O) groups is 1. The van der Waals surface area contributed by atoms with Crippen LogP contribution in [-0.2, 0) is 26.0 Å². The molecule has 10 heteroatoms. The maximum Gasteiger partial charge on any atom is 0.264 e. The summed E-state index contributed by atoms with van der Waals surface area (Å²) < 4.78 is 34.5. The van der Waals surface area contributed by atoms with Crippen molar-refractivity contribution >= 4 is 33.0 Å². The van der Waals surface area contributed by atoms with Crippen LogP contribution in [0.15, 0.2) is 71.6 Å². The highest BCUT2D eigenvalue weighted by Crippen LogP contribution is 2.32. The number of phenols is 2. The Morgan fingerprint density at radius 2 is 1.68 bits per heavy atom. The minimum absolute atomic E-state index is 0.0277. The fourth-order valence-electron chi connectivity index (χ4n) is 3.64. The Morgan fingerprint density at radius 3 is 2.38 bits per heavy atom. The van der Waals surface area contributed by atoms with Crippen LogP contribution in [0.4, 0.5) is 17.1 Å². The Bertz CT molecular complexity index is 1270. The van der Waals surface area contributed by atoms with Crippen LogP contribution in [0.3, 0.4) is 0 Å². The fourth-order valence-corrected chi connectivity index (χ4v) is 4.96. The first-order valence-corrected chi connectivity index (χ1v) is 12.2. The second kappa shape index (κ2) is 10.0. The maximum absolute atomic E-state index is 13.4. The number of phenolic OH excluding ortho intramolecular Hbond substituents is 2. The largest absolute Gasteiger partial charge is 0.508 e. The van der Waals surface area contributed by atoms with Crippen LogP contribution in [-0.4, -0.2) is 50.8 Å². The van der Waals surface area contributed by atoms with Crippen molar-refractivity contribution in [1.29, 1.82) is 0 Å². The zero-order chi connectivity index (χ0) is 24.1. The Balaban J connectivity index is 1.63. The van der Waals surface area contributed by atoms with E-state index in [1.807, 2.05) is 4.90 Å². The first-order valence-electron chi connectivity index (χ1n) is 10.7. The number of anilines is 3. The van der Waals surface area contributed by atoms with Crippen LogP contribution in [0.1, 0.15) is 5.56 Å². The first-order chi connectivity index (χ1) is 16.3. The molecule has 1 heterocycles. The Hall–Kier alpha value is -3.76. The van der Waals surface area contributed by atoms with E-state index in [0.29, 0.717) is 43.2 Å². The average molecular weight is 484 g/mol. The van der Waals surface area contributed by atoms with E-state index < -0.39 is 10.0 Å². The number of nitrogens with one attached hydrogen (secondary N) is 2. The van der Waals surface area contributed by atoms with Crippen LogP contribution in [0, 0.1) is 0 Å². The number of aromatic hydroxyl groups is 2. The second-order valence-corrected chi connectivity index (χ2v) is 9.45. The van der Waals surface area contributed by atoms with Crippen LogP contribution < -0.4 is 14.9 Å². The van der Waals surface area contributed by atoms with Crippen LogP contribution in [0.25, 0.3) is 0 Å². The van der Waals surface area contributed by atoms with Gasteiger partial charge in [0.05, 0.1) is 31.0 Å². The minimum Gasteiger partial charge on any atom is -0.508 e. The number of hydrogen-bond acceptors (Lipinski definition) is 7. The molecule has 0 spiro atoms. The summed E-state index contributed by atoms with van der Waals surface area (Å²) in [6, 6.07) is 17.0. The molecule has 1 aliphatic rings. The molecule has 1 amide bonds. The third-order valence-electron chi connectivity index (χ3n) is 5.33. The summed E-state index contributed by atoms with van der Waals surface area (Å²) in [4.78, 5) is 14.4. The van der Waals surface area contributed by atoms with Gasteiger partial charge in [-0.25, -0.2) is 8.42 Å².